The number of halogens is 1. The minimum atomic E-state index is 0.671. The lowest BCUT2D eigenvalue weighted by Crippen LogP contribution is -1.96. The minimum absolute atomic E-state index is 0.671. The average molecular weight is 367 g/mol. The van der Waals surface area contributed by atoms with Crippen LogP contribution in [-0.4, -0.2) is 14.5 Å². The van der Waals surface area contributed by atoms with Gasteiger partial charge >= 0.3 is 0 Å². The van der Waals surface area contributed by atoms with Gasteiger partial charge < -0.3 is 4.98 Å². The second kappa shape index (κ2) is 4.47. The number of pyridine rings is 1. The van der Waals surface area contributed by atoms with Gasteiger partial charge in [-0.1, -0.05) is 6.07 Å². The fourth-order valence-corrected chi connectivity index (χ4v) is 2.76. The smallest absolute Gasteiger partial charge is 0.183 e. The molecule has 3 aromatic rings. The lowest BCUT2D eigenvalue weighted by Gasteiger charge is -2.04. The maximum Gasteiger partial charge on any atom is 0.183 e. The molecule has 0 fully saturated rings. The SMILES string of the molecule is Cc1ccc2[nH]c(=S)n(-c3cccc(I)c3)c2n1. The first kappa shape index (κ1) is 11.9. The number of H-pyrrole nitrogens is 1. The summed E-state index contributed by atoms with van der Waals surface area (Å²) in [6.45, 7) is 1.98. The Hall–Kier alpha value is -1.21. The molecule has 0 radical (unpaired) electrons. The van der Waals surface area contributed by atoms with Crippen LogP contribution < -0.4 is 0 Å². The van der Waals surface area contributed by atoms with Crippen LogP contribution >= 0.6 is 34.8 Å². The molecule has 1 N–H and O–H groups in total. The molecule has 2 heterocycles. The number of aromatic amines is 1. The van der Waals surface area contributed by atoms with Gasteiger partial charge in [-0.15, -0.1) is 0 Å². The van der Waals surface area contributed by atoms with E-state index in [-0.39, 0.29) is 0 Å². The van der Waals surface area contributed by atoms with Crippen LogP contribution in [0.4, 0.5) is 0 Å². The first-order valence-electron chi connectivity index (χ1n) is 5.49. The Bertz CT molecular complexity index is 788. The number of hydrogen-bond acceptors (Lipinski definition) is 2. The summed E-state index contributed by atoms with van der Waals surface area (Å²) in [4.78, 5) is 7.75. The van der Waals surface area contributed by atoms with Gasteiger partial charge in [-0.05, 0) is 72.1 Å². The quantitative estimate of drug-likeness (QED) is 0.521. The normalized spacial score (nSPS) is 11.0. The van der Waals surface area contributed by atoms with Gasteiger partial charge in [0.15, 0.2) is 10.4 Å². The van der Waals surface area contributed by atoms with Crippen LogP contribution in [0.2, 0.25) is 0 Å². The molecule has 0 aliphatic carbocycles. The molecule has 1 aromatic carbocycles. The number of fused-ring (bicyclic) bond motifs is 1. The third kappa shape index (κ3) is 1.97. The van der Waals surface area contributed by atoms with Crippen molar-refractivity contribution in [2.24, 2.45) is 0 Å². The number of nitrogens with zero attached hydrogens (tertiary/aromatic N) is 2. The van der Waals surface area contributed by atoms with Crippen molar-refractivity contribution in [2.45, 2.75) is 6.92 Å². The average Bonchev–Trinajstić information content (AvgIpc) is 2.64. The summed E-state index contributed by atoms with van der Waals surface area (Å²) < 4.78 is 3.82. The van der Waals surface area contributed by atoms with Crippen molar-refractivity contribution >= 4 is 46.0 Å². The third-order valence-electron chi connectivity index (χ3n) is 2.74. The fraction of sp³-hybridized carbons (Fsp3) is 0.0769. The second-order valence-corrected chi connectivity index (χ2v) is 5.70. The molecule has 0 bridgehead atoms. The number of nitrogens with one attached hydrogen (secondary N) is 1. The summed E-state index contributed by atoms with van der Waals surface area (Å²) in [5, 5.41) is 0. The molecule has 2 aromatic heterocycles. The molecule has 18 heavy (non-hydrogen) atoms. The molecule has 0 spiro atoms. The number of imidazole rings is 1. The van der Waals surface area contributed by atoms with E-state index in [1.165, 1.54) is 3.57 Å². The lowest BCUT2D eigenvalue weighted by molar-refractivity contribution is 1.03. The van der Waals surface area contributed by atoms with E-state index in [1.807, 2.05) is 35.8 Å². The Morgan fingerprint density at radius 2 is 2.11 bits per heavy atom. The maximum absolute atomic E-state index is 5.39. The Labute approximate surface area is 123 Å². The highest BCUT2D eigenvalue weighted by molar-refractivity contribution is 14.1. The van der Waals surface area contributed by atoms with E-state index in [0.29, 0.717) is 4.77 Å². The molecule has 0 amide bonds. The lowest BCUT2D eigenvalue weighted by atomic mass is 10.3. The van der Waals surface area contributed by atoms with Crippen molar-refractivity contribution < 1.29 is 0 Å². The number of rotatable bonds is 1. The van der Waals surface area contributed by atoms with Crippen molar-refractivity contribution in [3.63, 3.8) is 0 Å². The Balaban J connectivity index is 2.38. The summed E-state index contributed by atoms with van der Waals surface area (Å²) >= 11 is 7.68. The molecule has 3 nitrogen and oxygen atoms in total. The first-order valence-corrected chi connectivity index (χ1v) is 6.98. The molecule has 0 aliphatic rings. The van der Waals surface area contributed by atoms with Crippen molar-refractivity contribution in [1.82, 2.24) is 14.5 Å². The first-order chi connectivity index (χ1) is 8.65. The van der Waals surface area contributed by atoms with Gasteiger partial charge in [0.1, 0.15) is 0 Å². The van der Waals surface area contributed by atoms with E-state index in [2.05, 4.69) is 44.7 Å². The standard InChI is InChI=1S/C13H10IN3S/c1-8-5-6-11-12(15-8)17(13(18)16-11)10-4-2-3-9(14)7-10/h2-7H,1H3,(H,16,18). The molecular weight excluding hydrogens is 357 g/mol. The van der Waals surface area contributed by atoms with Crippen LogP contribution in [0.5, 0.6) is 0 Å². The van der Waals surface area contributed by atoms with Gasteiger partial charge in [0.25, 0.3) is 0 Å². The van der Waals surface area contributed by atoms with Gasteiger partial charge in [0.05, 0.1) is 11.2 Å². The number of aromatic nitrogens is 3. The number of aryl methyl sites for hydroxylation is 1. The molecule has 0 atom stereocenters. The molecule has 0 unspecified atom stereocenters. The monoisotopic (exact) mass is 367 g/mol. The highest BCUT2D eigenvalue weighted by atomic mass is 127. The molecule has 0 saturated heterocycles. The molecule has 0 aliphatic heterocycles. The van der Waals surface area contributed by atoms with Crippen molar-refractivity contribution in [3.05, 3.63) is 50.4 Å². The van der Waals surface area contributed by atoms with E-state index >= 15 is 0 Å². The Kier molecular flexibility index (Phi) is 2.95. The van der Waals surface area contributed by atoms with E-state index in [9.17, 15) is 0 Å². The second-order valence-electron chi connectivity index (χ2n) is 4.07. The summed E-state index contributed by atoms with van der Waals surface area (Å²) in [6, 6.07) is 12.2. The summed E-state index contributed by atoms with van der Waals surface area (Å²) in [5.74, 6) is 0. The summed E-state index contributed by atoms with van der Waals surface area (Å²) in [6.07, 6.45) is 0. The molecule has 90 valence electrons. The number of benzene rings is 1. The van der Waals surface area contributed by atoms with Crippen LogP contribution in [0.25, 0.3) is 16.9 Å². The van der Waals surface area contributed by atoms with E-state index < -0.39 is 0 Å². The predicted octanol–water partition coefficient (Wildman–Crippen LogP) is 4.00. The highest BCUT2D eigenvalue weighted by Crippen LogP contribution is 2.19. The van der Waals surface area contributed by atoms with Crippen LogP contribution in [-0.2, 0) is 0 Å². The largest absolute Gasteiger partial charge is 0.329 e. The van der Waals surface area contributed by atoms with E-state index in [4.69, 9.17) is 12.2 Å². The van der Waals surface area contributed by atoms with Gasteiger partial charge in [0, 0.05) is 9.26 Å². The van der Waals surface area contributed by atoms with Crippen molar-refractivity contribution in [1.29, 1.82) is 0 Å². The predicted molar refractivity (Wildman–Crippen MR) is 83.7 cm³/mol. The van der Waals surface area contributed by atoms with Crippen LogP contribution in [0.1, 0.15) is 5.69 Å². The topological polar surface area (TPSA) is 33.6 Å². The Morgan fingerprint density at radius 3 is 2.89 bits per heavy atom. The molecule has 0 saturated carbocycles. The molecular formula is C13H10IN3S. The maximum atomic E-state index is 5.39. The zero-order chi connectivity index (χ0) is 12.7. The summed E-state index contributed by atoms with van der Waals surface area (Å²) in [7, 11) is 0. The summed E-state index contributed by atoms with van der Waals surface area (Å²) in [5.41, 5.74) is 3.86. The minimum Gasteiger partial charge on any atom is -0.329 e. The zero-order valence-electron chi connectivity index (χ0n) is 9.64. The van der Waals surface area contributed by atoms with Crippen LogP contribution in [0.15, 0.2) is 36.4 Å². The van der Waals surface area contributed by atoms with Gasteiger partial charge in [-0.3, -0.25) is 4.57 Å². The molecule has 3 rings (SSSR count). The van der Waals surface area contributed by atoms with Crippen LogP contribution in [0, 0.1) is 15.3 Å². The van der Waals surface area contributed by atoms with Crippen molar-refractivity contribution in [3.8, 4) is 5.69 Å². The van der Waals surface area contributed by atoms with Gasteiger partial charge in [0.2, 0.25) is 0 Å². The van der Waals surface area contributed by atoms with E-state index in [0.717, 1.165) is 22.5 Å². The van der Waals surface area contributed by atoms with Crippen molar-refractivity contribution in [2.75, 3.05) is 0 Å². The third-order valence-corrected chi connectivity index (χ3v) is 3.69. The fourth-order valence-electron chi connectivity index (χ4n) is 1.93. The molecule has 5 heteroatoms. The van der Waals surface area contributed by atoms with Gasteiger partial charge in [-0.25, -0.2) is 4.98 Å². The Morgan fingerprint density at radius 1 is 1.28 bits per heavy atom. The number of hydrogen-bond donors (Lipinski definition) is 1. The van der Waals surface area contributed by atoms with E-state index in [1.54, 1.807) is 0 Å². The highest BCUT2D eigenvalue weighted by Gasteiger charge is 2.08. The van der Waals surface area contributed by atoms with Gasteiger partial charge in [-0.2, -0.15) is 0 Å². The van der Waals surface area contributed by atoms with Crippen LogP contribution in [0.3, 0.4) is 0 Å². The zero-order valence-corrected chi connectivity index (χ0v) is 12.6.